The molecule has 180 valence electrons. The van der Waals surface area contributed by atoms with E-state index in [9.17, 15) is 4.79 Å². The third-order valence-corrected chi connectivity index (χ3v) is 6.59. The zero-order valence-electron chi connectivity index (χ0n) is 19.2. The summed E-state index contributed by atoms with van der Waals surface area (Å²) >= 11 is 7.23. The number of nitrogens with zero attached hydrogens (tertiary/aromatic N) is 2. The van der Waals surface area contributed by atoms with Gasteiger partial charge in [-0.05, 0) is 53.6 Å². The average molecular weight is 516 g/mol. The zero-order valence-corrected chi connectivity index (χ0v) is 20.8. The first-order valence-electron chi connectivity index (χ1n) is 11.4. The Bertz CT molecular complexity index is 1370. The van der Waals surface area contributed by atoms with Crippen molar-refractivity contribution >= 4 is 52.0 Å². The molecule has 0 fully saturated rings. The van der Waals surface area contributed by atoms with Crippen LogP contribution in [-0.2, 0) is 4.79 Å². The summed E-state index contributed by atoms with van der Waals surface area (Å²) in [6, 6.07) is 24.5. The Balaban J connectivity index is 1.19. The molecule has 2 aliphatic rings. The summed E-state index contributed by atoms with van der Waals surface area (Å²) in [5.74, 6) is 1.20. The van der Waals surface area contributed by atoms with Gasteiger partial charge in [-0.2, -0.15) is 4.99 Å². The average Bonchev–Trinajstić information content (AvgIpc) is 3.33. The molecule has 0 unspecified atom stereocenters. The van der Waals surface area contributed by atoms with Gasteiger partial charge < -0.3 is 9.47 Å². The molecule has 0 atom stereocenters. The van der Waals surface area contributed by atoms with Crippen LogP contribution in [0.1, 0.15) is 17.5 Å². The predicted octanol–water partition coefficient (Wildman–Crippen LogP) is 6.49. The number of aliphatic imine (C=N–C) groups is 1. The Morgan fingerprint density at radius 2 is 1.56 bits per heavy atom. The van der Waals surface area contributed by atoms with Crippen molar-refractivity contribution in [3.05, 3.63) is 106 Å². The summed E-state index contributed by atoms with van der Waals surface area (Å²) in [7, 11) is 0. The van der Waals surface area contributed by atoms with Crippen LogP contribution in [0.5, 0.6) is 11.5 Å². The van der Waals surface area contributed by atoms with E-state index in [1.165, 1.54) is 11.8 Å². The van der Waals surface area contributed by atoms with Gasteiger partial charge in [-0.15, -0.1) is 0 Å². The molecule has 0 saturated heterocycles. The van der Waals surface area contributed by atoms with Gasteiger partial charge in [0, 0.05) is 16.9 Å². The van der Waals surface area contributed by atoms with Gasteiger partial charge in [0.05, 0.1) is 24.5 Å². The summed E-state index contributed by atoms with van der Waals surface area (Å²) in [6.45, 7) is 1.04. The number of nitrogens with one attached hydrogen (secondary N) is 1. The van der Waals surface area contributed by atoms with Crippen LogP contribution in [0, 0.1) is 5.41 Å². The van der Waals surface area contributed by atoms with E-state index in [0.29, 0.717) is 23.4 Å². The van der Waals surface area contributed by atoms with E-state index in [0.717, 1.165) is 34.7 Å². The number of amides is 1. The minimum atomic E-state index is -0.414. The molecule has 0 spiro atoms. The maximum absolute atomic E-state index is 12.7. The predicted molar refractivity (Wildman–Crippen MR) is 145 cm³/mol. The Hall–Kier alpha value is -3.81. The fraction of sp³-hybridized carbons (Fsp3) is 0.107. The van der Waals surface area contributed by atoms with E-state index in [1.807, 2.05) is 72.1 Å². The normalized spacial score (nSPS) is 16.0. The van der Waals surface area contributed by atoms with Crippen LogP contribution in [0.4, 0.5) is 0 Å². The largest absolute Gasteiger partial charge is 0.493 e. The number of hydrogen-bond acceptors (Lipinski definition) is 5. The first-order valence-corrected chi connectivity index (χ1v) is 12.6. The summed E-state index contributed by atoms with van der Waals surface area (Å²) in [5.41, 5.74) is 2.84. The van der Waals surface area contributed by atoms with Gasteiger partial charge >= 0.3 is 0 Å². The lowest BCUT2D eigenvalue weighted by Gasteiger charge is -2.26. The number of ether oxygens (including phenoxy) is 2. The van der Waals surface area contributed by atoms with E-state index >= 15 is 0 Å². The molecule has 5 rings (SSSR count). The smallest absolute Gasteiger partial charge is 0.283 e. The van der Waals surface area contributed by atoms with Crippen molar-refractivity contribution in [1.29, 1.82) is 5.41 Å². The SMILES string of the molecule is N=C1/C(=C/c2ccc(OCCCOc3ccc(Cl)cc3)cc2)C(=O)N=C2SC=C(c3ccccc3)N12. The minimum absolute atomic E-state index is 0.117. The van der Waals surface area contributed by atoms with Gasteiger partial charge in [-0.1, -0.05) is 65.8 Å². The highest BCUT2D eigenvalue weighted by Crippen LogP contribution is 2.37. The van der Waals surface area contributed by atoms with Crippen molar-refractivity contribution in [3.8, 4) is 11.5 Å². The van der Waals surface area contributed by atoms with Gasteiger partial charge in [-0.3, -0.25) is 15.1 Å². The van der Waals surface area contributed by atoms with E-state index in [2.05, 4.69) is 4.99 Å². The van der Waals surface area contributed by atoms with Gasteiger partial charge in [0.25, 0.3) is 5.91 Å². The first-order chi connectivity index (χ1) is 17.6. The first kappa shape index (κ1) is 23.9. The van der Waals surface area contributed by atoms with Crippen LogP contribution >= 0.6 is 23.4 Å². The third-order valence-electron chi connectivity index (χ3n) is 5.51. The quantitative estimate of drug-likeness (QED) is 0.274. The van der Waals surface area contributed by atoms with Crippen LogP contribution in [0.3, 0.4) is 0 Å². The second-order valence-electron chi connectivity index (χ2n) is 8.00. The lowest BCUT2D eigenvalue weighted by molar-refractivity contribution is -0.114. The number of hydrogen-bond donors (Lipinski definition) is 1. The van der Waals surface area contributed by atoms with Crippen molar-refractivity contribution in [2.24, 2.45) is 4.99 Å². The summed E-state index contributed by atoms with van der Waals surface area (Å²) in [4.78, 5) is 18.6. The molecule has 0 radical (unpaired) electrons. The van der Waals surface area contributed by atoms with Crippen molar-refractivity contribution in [2.45, 2.75) is 6.42 Å². The van der Waals surface area contributed by atoms with Crippen molar-refractivity contribution in [2.75, 3.05) is 13.2 Å². The maximum atomic E-state index is 12.7. The Morgan fingerprint density at radius 1 is 0.917 bits per heavy atom. The molecule has 6 nitrogen and oxygen atoms in total. The fourth-order valence-electron chi connectivity index (χ4n) is 3.71. The lowest BCUT2D eigenvalue weighted by atomic mass is 10.1. The molecule has 36 heavy (non-hydrogen) atoms. The third kappa shape index (κ3) is 5.37. The number of halogens is 1. The summed E-state index contributed by atoms with van der Waals surface area (Å²) in [5, 5.41) is 11.8. The van der Waals surface area contributed by atoms with Crippen LogP contribution in [0.15, 0.2) is 94.8 Å². The van der Waals surface area contributed by atoms with Crippen LogP contribution in [0.25, 0.3) is 11.8 Å². The number of fused-ring (bicyclic) bond motifs is 1. The number of rotatable bonds is 8. The Labute approximate surface area is 218 Å². The number of amidine groups is 2. The molecule has 0 aliphatic carbocycles. The number of carbonyl (C=O) groups is 1. The highest BCUT2D eigenvalue weighted by atomic mass is 35.5. The van der Waals surface area contributed by atoms with E-state index < -0.39 is 5.91 Å². The summed E-state index contributed by atoms with van der Waals surface area (Å²) in [6.07, 6.45) is 2.42. The van der Waals surface area contributed by atoms with Crippen LogP contribution < -0.4 is 9.47 Å². The summed E-state index contributed by atoms with van der Waals surface area (Å²) < 4.78 is 11.5. The molecule has 0 aromatic heterocycles. The molecule has 2 aliphatic heterocycles. The Morgan fingerprint density at radius 3 is 2.22 bits per heavy atom. The fourth-order valence-corrected chi connectivity index (χ4v) is 4.73. The van der Waals surface area contributed by atoms with Gasteiger partial charge in [0.15, 0.2) is 5.17 Å². The number of benzene rings is 3. The zero-order chi connectivity index (χ0) is 24.9. The molecule has 0 saturated carbocycles. The molecule has 1 amide bonds. The van der Waals surface area contributed by atoms with Crippen LogP contribution in [-0.4, -0.2) is 35.0 Å². The molecule has 0 bridgehead atoms. The van der Waals surface area contributed by atoms with Gasteiger partial charge in [-0.25, -0.2) is 0 Å². The van der Waals surface area contributed by atoms with Crippen molar-refractivity contribution in [1.82, 2.24) is 4.90 Å². The van der Waals surface area contributed by atoms with E-state index in [4.69, 9.17) is 26.5 Å². The standard InChI is InChI=1S/C28H22ClN3O3S/c29-21-9-13-23(14-10-21)35-16-4-15-34-22-11-7-19(8-12-22)17-24-26(30)32-25(20-5-2-1-3-6-20)18-36-28(32)31-27(24)33/h1-3,5-14,17-18,30H,4,15-16H2/b24-17-,30-26?. The molecule has 8 heteroatoms. The van der Waals surface area contributed by atoms with Gasteiger partial charge in [0.2, 0.25) is 0 Å². The highest BCUT2D eigenvalue weighted by molar-refractivity contribution is 8.17. The molecule has 1 N–H and O–H groups in total. The lowest BCUT2D eigenvalue weighted by Crippen LogP contribution is -2.38. The molecule has 3 aromatic rings. The van der Waals surface area contributed by atoms with Gasteiger partial charge in [0.1, 0.15) is 17.3 Å². The Kier molecular flexibility index (Phi) is 7.21. The monoisotopic (exact) mass is 515 g/mol. The minimum Gasteiger partial charge on any atom is -0.493 e. The van der Waals surface area contributed by atoms with E-state index in [1.54, 1.807) is 23.1 Å². The maximum Gasteiger partial charge on any atom is 0.283 e. The molecule has 2 heterocycles. The number of carbonyl (C=O) groups excluding carboxylic acids is 1. The van der Waals surface area contributed by atoms with Crippen molar-refractivity contribution < 1.29 is 14.3 Å². The highest BCUT2D eigenvalue weighted by Gasteiger charge is 2.36. The molecular weight excluding hydrogens is 494 g/mol. The van der Waals surface area contributed by atoms with Crippen molar-refractivity contribution in [3.63, 3.8) is 0 Å². The number of thioether (sulfide) groups is 1. The molecular formula is C28H22ClN3O3S. The molecule has 3 aromatic carbocycles. The second-order valence-corrected chi connectivity index (χ2v) is 9.27. The second kappa shape index (κ2) is 10.8. The van der Waals surface area contributed by atoms with Crippen LogP contribution in [0.2, 0.25) is 5.02 Å². The van der Waals surface area contributed by atoms with E-state index in [-0.39, 0.29) is 11.4 Å². The topological polar surface area (TPSA) is 75.0 Å².